The summed E-state index contributed by atoms with van der Waals surface area (Å²) in [6.45, 7) is 4.04. The van der Waals surface area contributed by atoms with Crippen LogP contribution in [-0.4, -0.2) is 33.7 Å². The molecule has 0 bridgehead atoms. The fraction of sp³-hybridized carbons (Fsp3) is 0.714. The van der Waals surface area contributed by atoms with Gasteiger partial charge in [0.05, 0.1) is 19.1 Å². The van der Waals surface area contributed by atoms with Crippen molar-refractivity contribution in [1.29, 1.82) is 0 Å². The second kappa shape index (κ2) is 6.46. The van der Waals surface area contributed by atoms with Crippen molar-refractivity contribution < 1.29 is 9.53 Å². The van der Waals surface area contributed by atoms with Crippen molar-refractivity contribution >= 4 is 17.5 Å². The van der Waals surface area contributed by atoms with Crippen molar-refractivity contribution in [2.75, 3.05) is 12.9 Å². The minimum Gasteiger partial charge on any atom is -0.493 e. The molecular formula is C14H22N2O2S. The van der Waals surface area contributed by atoms with Crippen molar-refractivity contribution in [3.05, 3.63) is 11.9 Å². The molecule has 106 valence electrons. The minimum atomic E-state index is 0.125. The molecule has 0 spiro atoms. The number of methoxy groups -OCH3 is 1. The fourth-order valence-electron chi connectivity index (χ4n) is 2.47. The van der Waals surface area contributed by atoms with Gasteiger partial charge in [-0.05, 0) is 26.7 Å². The number of ether oxygens (including phenoxy) is 1. The molecule has 0 radical (unpaired) electrons. The highest BCUT2D eigenvalue weighted by Gasteiger charge is 2.23. The lowest BCUT2D eigenvalue weighted by Gasteiger charge is -2.12. The Kier molecular flexibility index (Phi) is 4.91. The first-order valence-corrected chi connectivity index (χ1v) is 7.94. The Labute approximate surface area is 118 Å². The van der Waals surface area contributed by atoms with Crippen LogP contribution in [0.2, 0.25) is 0 Å². The standard InChI is InChI=1S/C14H22N2O2S/c1-10(2)16-14(13(18-3)8-15-16)12(17)9-19-11-6-4-5-7-11/h8,10-11H,4-7,9H2,1-3H3. The summed E-state index contributed by atoms with van der Waals surface area (Å²) in [5.74, 6) is 1.24. The maximum Gasteiger partial charge on any atom is 0.194 e. The maximum absolute atomic E-state index is 12.4. The fourth-order valence-corrected chi connectivity index (χ4v) is 3.66. The van der Waals surface area contributed by atoms with Gasteiger partial charge >= 0.3 is 0 Å². The third-order valence-electron chi connectivity index (χ3n) is 3.49. The summed E-state index contributed by atoms with van der Waals surface area (Å²) in [5, 5.41) is 4.91. The summed E-state index contributed by atoms with van der Waals surface area (Å²) in [5.41, 5.74) is 0.614. The Morgan fingerprint density at radius 1 is 1.53 bits per heavy atom. The van der Waals surface area contributed by atoms with Crippen LogP contribution in [0.4, 0.5) is 0 Å². The molecule has 0 saturated heterocycles. The second-order valence-electron chi connectivity index (χ2n) is 5.24. The highest BCUT2D eigenvalue weighted by atomic mass is 32.2. The average molecular weight is 282 g/mol. The van der Waals surface area contributed by atoms with Crippen LogP contribution in [0.1, 0.15) is 56.1 Å². The number of rotatable bonds is 6. The molecule has 1 saturated carbocycles. The summed E-state index contributed by atoms with van der Waals surface area (Å²) < 4.78 is 7.02. The van der Waals surface area contributed by atoms with Crippen LogP contribution in [-0.2, 0) is 0 Å². The van der Waals surface area contributed by atoms with Gasteiger partial charge in [-0.1, -0.05) is 12.8 Å². The molecule has 0 atom stereocenters. The van der Waals surface area contributed by atoms with Gasteiger partial charge in [-0.15, -0.1) is 0 Å². The number of thioether (sulfide) groups is 1. The highest BCUT2D eigenvalue weighted by Crippen LogP contribution is 2.31. The molecule has 0 aromatic carbocycles. The number of carbonyl (C=O) groups excluding carboxylic acids is 1. The Balaban J connectivity index is 2.06. The summed E-state index contributed by atoms with van der Waals surface area (Å²) in [6.07, 6.45) is 6.74. The Morgan fingerprint density at radius 3 is 2.79 bits per heavy atom. The SMILES string of the molecule is COc1cnn(C(C)C)c1C(=O)CSC1CCCC1. The molecule has 1 aliphatic rings. The zero-order valence-corrected chi connectivity index (χ0v) is 12.7. The molecular weight excluding hydrogens is 260 g/mol. The van der Waals surface area contributed by atoms with E-state index in [2.05, 4.69) is 5.10 Å². The van der Waals surface area contributed by atoms with Gasteiger partial charge in [0.15, 0.2) is 11.5 Å². The second-order valence-corrected chi connectivity index (χ2v) is 6.53. The summed E-state index contributed by atoms with van der Waals surface area (Å²) in [6, 6.07) is 0.166. The monoisotopic (exact) mass is 282 g/mol. The third-order valence-corrected chi connectivity index (χ3v) is 4.86. The predicted octanol–water partition coefficient (Wildman–Crippen LogP) is 3.33. The van der Waals surface area contributed by atoms with Gasteiger partial charge in [0.25, 0.3) is 0 Å². The first-order valence-electron chi connectivity index (χ1n) is 6.89. The van der Waals surface area contributed by atoms with Gasteiger partial charge in [0.1, 0.15) is 5.69 Å². The van der Waals surface area contributed by atoms with Gasteiger partial charge in [-0.25, -0.2) is 0 Å². The molecule has 4 nitrogen and oxygen atoms in total. The molecule has 2 rings (SSSR count). The van der Waals surface area contributed by atoms with E-state index in [0.717, 1.165) is 0 Å². The Hall–Kier alpha value is -0.970. The van der Waals surface area contributed by atoms with Crippen LogP contribution in [0.3, 0.4) is 0 Å². The molecule has 1 aromatic heterocycles. The normalized spacial score (nSPS) is 16.2. The van der Waals surface area contributed by atoms with Crippen LogP contribution in [0.25, 0.3) is 0 Å². The van der Waals surface area contributed by atoms with Crippen LogP contribution in [0.5, 0.6) is 5.75 Å². The van der Waals surface area contributed by atoms with E-state index in [9.17, 15) is 4.79 Å². The number of hydrogen-bond acceptors (Lipinski definition) is 4. The molecule has 5 heteroatoms. The molecule has 1 aliphatic carbocycles. The molecule has 0 amide bonds. The lowest BCUT2D eigenvalue weighted by molar-refractivity contribution is 0.100. The maximum atomic E-state index is 12.4. The topological polar surface area (TPSA) is 44.1 Å². The van der Waals surface area contributed by atoms with E-state index in [1.54, 1.807) is 29.8 Å². The van der Waals surface area contributed by atoms with E-state index in [-0.39, 0.29) is 11.8 Å². The van der Waals surface area contributed by atoms with Gasteiger partial charge in [0, 0.05) is 11.3 Å². The number of carbonyl (C=O) groups is 1. The van der Waals surface area contributed by atoms with Crippen molar-refractivity contribution in [3.8, 4) is 5.75 Å². The van der Waals surface area contributed by atoms with Crippen molar-refractivity contribution in [2.45, 2.75) is 50.8 Å². The first kappa shape index (κ1) is 14.4. The zero-order valence-electron chi connectivity index (χ0n) is 11.9. The first-order chi connectivity index (χ1) is 9.13. The number of ketones is 1. The van der Waals surface area contributed by atoms with Crippen molar-refractivity contribution in [3.63, 3.8) is 0 Å². The Bertz CT molecular complexity index is 437. The highest BCUT2D eigenvalue weighted by molar-refractivity contribution is 8.00. The van der Waals surface area contributed by atoms with Gasteiger partial charge in [-0.3, -0.25) is 9.48 Å². The largest absolute Gasteiger partial charge is 0.493 e. The number of Topliss-reactive ketones (excluding diaryl/α,β-unsaturated/α-hetero) is 1. The average Bonchev–Trinajstić information content (AvgIpc) is 3.04. The molecule has 1 aromatic rings. The predicted molar refractivity (Wildman–Crippen MR) is 78.2 cm³/mol. The molecule has 1 heterocycles. The van der Waals surface area contributed by atoms with E-state index in [1.165, 1.54) is 25.7 Å². The molecule has 0 N–H and O–H groups in total. The number of hydrogen-bond donors (Lipinski definition) is 0. The van der Waals surface area contributed by atoms with Crippen molar-refractivity contribution in [1.82, 2.24) is 9.78 Å². The van der Waals surface area contributed by atoms with E-state index in [0.29, 0.717) is 22.4 Å². The van der Waals surface area contributed by atoms with Crippen LogP contribution >= 0.6 is 11.8 Å². The smallest absolute Gasteiger partial charge is 0.194 e. The molecule has 0 aliphatic heterocycles. The quantitative estimate of drug-likeness (QED) is 0.751. The minimum absolute atomic E-state index is 0.125. The van der Waals surface area contributed by atoms with E-state index < -0.39 is 0 Å². The Morgan fingerprint density at radius 2 is 2.21 bits per heavy atom. The number of nitrogens with zero attached hydrogens (tertiary/aromatic N) is 2. The van der Waals surface area contributed by atoms with Gasteiger partial charge in [0.2, 0.25) is 0 Å². The van der Waals surface area contributed by atoms with E-state index in [1.807, 2.05) is 13.8 Å². The van der Waals surface area contributed by atoms with Crippen LogP contribution < -0.4 is 4.74 Å². The van der Waals surface area contributed by atoms with Gasteiger partial charge in [-0.2, -0.15) is 16.9 Å². The summed E-state index contributed by atoms with van der Waals surface area (Å²) in [7, 11) is 1.59. The zero-order chi connectivity index (χ0) is 13.8. The summed E-state index contributed by atoms with van der Waals surface area (Å²) in [4.78, 5) is 12.4. The molecule has 0 unspecified atom stereocenters. The van der Waals surface area contributed by atoms with Crippen molar-refractivity contribution in [2.24, 2.45) is 0 Å². The third kappa shape index (κ3) is 3.32. The number of aromatic nitrogens is 2. The van der Waals surface area contributed by atoms with Crippen LogP contribution in [0, 0.1) is 0 Å². The molecule has 19 heavy (non-hydrogen) atoms. The van der Waals surface area contributed by atoms with E-state index in [4.69, 9.17) is 4.74 Å². The van der Waals surface area contributed by atoms with E-state index >= 15 is 0 Å². The lowest BCUT2D eigenvalue weighted by atomic mass is 10.2. The summed E-state index contributed by atoms with van der Waals surface area (Å²) >= 11 is 1.78. The van der Waals surface area contributed by atoms with Crippen LogP contribution in [0.15, 0.2) is 6.20 Å². The molecule has 1 fully saturated rings. The lowest BCUT2D eigenvalue weighted by Crippen LogP contribution is -2.16. The van der Waals surface area contributed by atoms with Gasteiger partial charge < -0.3 is 4.74 Å².